The van der Waals surface area contributed by atoms with Crippen LogP contribution >= 0.6 is 39.0 Å². The molecule has 9 heteroatoms. The van der Waals surface area contributed by atoms with Crippen molar-refractivity contribution in [3.8, 4) is 0 Å². The van der Waals surface area contributed by atoms with Crippen LogP contribution in [0.25, 0.3) is 0 Å². The van der Waals surface area contributed by atoms with Crippen molar-refractivity contribution in [2.45, 2.75) is 10.1 Å². The summed E-state index contributed by atoms with van der Waals surface area (Å²) >= 11 is 6.22. The van der Waals surface area contributed by atoms with Gasteiger partial charge in [0.2, 0.25) is 5.16 Å². The van der Waals surface area contributed by atoms with Crippen LogP contribution < -0.4 is 5.32 Å². The second kappa shape index (κ2) is 6.59. The van der Waals surface area contributed by atoms with Gasteiger partial charge in [-0.15, -0.1) is 16.4 Å². The third-order valence-corrected chi connectivity index (χ3v) is 5.18. The SMILES string of the molecule is Cn1nnnc1Sc1ccc(Br)cc1NC(=O)c1cccs1. The molecule has 1 N–H and O–H groups in total. The second-order valence-electron chi connectivity index (χ2n) is 4.26. The lowest BCUT2D eigenvalue weighted by atomic mass is 10.3. The van der Waals surface area contributed by atoms with E-state index in [1.807, 2.05) is 29.6 Å². The van der Waals surface area contributed by atoms with Crippen LogP contribution in [0.1, 0.15) is 9.67 Å². The molecule has 0 fully saturated rings. The van der Waals surface area contributed by atoms with Crippen molar-refractivity contribution >= 4 is 50.6 Å². The molecule has 0 saturated heterocycles. The standard InChI is InChI=1S/C13H10BrN5OS2/c1-19-13(16-17-18-19)22-10-5-4-8(14)7-9(10)15-12(20)11-3-2-6-21-11/h2-7H,1H3,(H,15,20). The Kier molecular flexibility index (Phi) is 4.55. The molecule has 3 rings (SSSR count). The molecule has 0 bridgehead atoms. The van der Waals surface area contributed by atoms with E-state index in [9.17, 15) is 4.79 Å². The lowest BCUT2D eigenvalue weighted by Crippen LogP contribution is -2.11. The summed E-state index contributed by atoms with van der Waals surface area (Å²) in [6.07, 6.45) is 0. The number of aryl methyl sites for hydroxylation is 1. The summed E-state index contributed by atoms with van der Waals surface area (Å²) in [5, 5.41) is 16.8. The molecule has 0 unspecified atom stereocenters. The van der Waals surface area contributed by atoms with Gasteiger partial charge in [0.1, 0.15) is 0 Å². The number of benzene rings is 1. The van der Waals surface area contributed by atoms with Gasteiger partial charge >= 0.3 is 0 Å². The molecule has 0 spiro atoms. The average molecular weight is 396 g/mol. The molecule has 0 saturated carbocycles. The van der Waals surface area contributed by atoms with Crippen LogP contribution in [-0.4, -0.2) is 26.1 Å². The van der Waals surface area contributed by atoms with Gasteiger partial charge in [-0.25, -0.2) is 4.68 Å². The first-order valence-corrected chi connectivity index (χ1v) is 8.67. The zero-order valence-electron chi connectivity index (χ0n) is 11.4. The Balaban J connectivity index is 1.88. The van der Waals surface area contributed by atoms with Crippen LogP contribution in [0, 0.1) is 0 Å². The molecule has 0 radical (unpaired) electrons. The molecule has 0 atom stereocenters. The maximum atomic E-state index is 12.2. The Morgan fingerprint density at radius 1 is 1.41 bits per heavy atom. The van der Waals surface area contributed by atoms with Crippen LogP contribution in [0.4, 0.5) is 5.69 Å². The molecule has 0 aliphatic carbocycles. The monoisotopic (exact) mass is 395 g/mol. The highest BCUT2D eigenvalue weighted by Crippen LogP contribution is 2.34. The zero-order valence-corrected chi connectivity index (χ0v) is 14.6. The van der Waals surface area contributed by atoms with Gasteiger partial charge in [-0.2, -0.15) is 0 Å². The molecule has 0 aliphatic rings. The smallest absolute Gasteiger partial charge is 0.265 e. The number of amides is 1. The zero-order chi connectivity index (χ0) is 15.5. The third kappa shape index (κ3) is 3.37. The number of anilines is 1. The van der Waals surface area contributed by atoms with E-state index in [2.05, 4.69) is 36.8 Å². The molecule has 22 heavy (non-hydrogen) atoms. The highest BCUT2D eigenvalue weighted by atomic mass is 79.9. The van der Waals surface area contributed by atoms with E-state index in [1.54, 1.807) is 17.8 Å². The van der Waals surface area contributed by atoms with Crippen LogP contribution in [-0.2, 0) is 7.05 Å². The fourth-order valence-corrected chi connectivity index (χ4v) is 3.47. The number of thiophene rings is 1. The average Bonchev–Trinajstić information content (AvgIpc) is 3.14. The van der Waals surface area contributed by atoms with E-state index in [0.29, 0.717) is 15.7 Å². The Labute approximate surface area is 143 Å². The molecule has 1 amide bonds. The van der Waals surface area contributed by atoms with E-state index < -0.39 is 0 Å². The van der Waals surface area contributed by atoms with Crippen molar-refractivity contribution in [1.82, 2.24) is 20.2 Å². The van der Waals surface area contributed by atoms with E-state index >= 15 is 0 Å². The lowest BCUT2D eigenvalue weighted by Gasteiger charge is -2.10. The Morgan fingerprint density at radius 3 is 2.95 bits per heavy atom. The summed E-state index contributed by atoms with van der Waals surface area (Å²) in [5.74, 6) is -0.133. The molecule has 112 valence electrons. The molecule has 2 aromatic heterocycles. The number of carbonyl (C=O) groups is 1. The Bertz CT molecular complexity index is 803. The molecular formula is C13H10BrN5OS2. The predicted molar refractivity (Wildman–Crippen MR) is 89.3 cm³/mol. The number of nitrogens with one attached hydrogen (secondary N) is 1. The fourth-order valence-electron chi connectivity index (χ4n) is 1.69. The van der Waals surface area contributed by atoms with Gasteiger partial charge in [0.25, 0.3) is 5.91 Å². The quantitative estimate of drug-likeness (QED) is 0.732. The van der Waals surface area contributed by atoms with Crippen LogP contribution in [0.3, 0.4) is 0 Å². The first-order valence-electron chi connectivity index (χ1n) is 6.18. The molecule has 1 aromatic carbocycles. The topological polar surface area (TPSA) is 72.7 Å². The minimum atomic E-state index is -0.133. The number of halogens is 1. The van der Waals surface area contributed by atoms with E-state index in [0.717, 1.165) is 9.37 Å². The van der Waals surface area contributed by atoms with Crippen LogP contribution in [0.5, 0.6) is 0 Å². The minimum Gasteiger partial charge on any atom is -0.320 e. The summed E-state index contributed by atoms with van der Waals surface area (Å²) in [6, 6.07) is 9.32. The van der Waals surface area contributed by atoms with Crippen molar-refractivity contribution in [2.24, 2.45) is 7.05 Å². The van der Waals surface area contributed by atoms with Crippen molar-refractivity contribution in [2.75, 3.05) is 5.32 Å². The summed E-state index contributed by atoms with van der Waals surface area (Å²) in [6.45, 7) is 0. The summed E-state index contributed by atoms with van der Waals surface area (Å²) in [4.78, 5) is 13.8. The highest BCUT2D eigenvalue weighted by molar-refractivity contribution is 9.10. The second-order valence-corrected chi connectivity index (χ2v) is 7.13. The fraction of sp³-hybridized carbons (Fsp3) is 0.0769. The normalized spacial score (nSPS) is 10.6. The number of hydrogen-bond acceptors (Lipinski definition) is 6. The van der Waals surface area contributed by atoms with Crippen molar-refractivity contribution < 1.29 is 4.79 Å². The first-order chi connectivity index (χ1) is 10.6. The van der Waals surface area contributed by atoms with Crippen molar-refractivity contribution in [1.29, 1.82) is 0 Å². The predicted octanol–water partition coefficient (Wildman–Crippen LogP) is 3.44. The number of nitrogens with zero attached hydrogens (tertiary/aromatic N) is 4. The third-order valence-electron chi connectivity index (χ3n) is 2.72. The summed E-state index contributed by atoms with van der Waals surface area (Å²) < 4.78 is 2.46. The summed E-state index contributed by atoms with van der Waals surface area (Å²) in [7, 11) is 1.77. The molecule has 0 aliphatic heterocycles. The van der Waals surface area contributed by atoms with Gasteiger partial charge in [0, 0.05) is 16.4 Å². The van der Waals surface area contributed by atoms with Gasteiger partial charge in [0.05, 0.1) is 10.6 Å². The van der Waals surface area contributed by atoms with Gasteiger partial charge in [-0.3, -0.25) is 4.79 Å². The molecule has 3 aromatic rings. The van der Waals surface area contributed by atoms with Gasteiger partial charge in [0.15, 0.2) is 0 Å². The molecule has 6 nitrogen and oxygen atoms in total. The van der Waals surface area contributed by atoms with Gasteiger partial charge in [-0.05, 0) is 51.8 Å². The first kappa shape index (κ1) is 15.2. The van der Waals surface area contributed by atoms with E-state index in [-0.39, 0.29) is 5.91 Å². The maximum Gasteiger partial charge on any atom is 0.265 e. The number of tetrazole rings is 1. The number of aromatic nitrogens is 4. The lowest BCUT2D eigenvalue weighted by molar-refractivity contribution is 0.103. The van der Waals surface area contributed by atoms with Crippen molar-refractivity contribution in [3.63, 3.8) is 0 Å². The molecule has 2 heterocycles. The largest absolute Gasteiger partial charge is 0.320 e. The number of rotatable bonds is 4. The van der Waals surface area contributed by atoms with Crippen LogP contribution in [0.2, 0.25) is 0 Å². The van der Waals surface area contributed by atoms with Gasteiger partial charge in [-0.1, -0.05) is 22.0 Å². The van der Waals surface area contributed by atoms with E-state index in [1.165, 1.54) is 23.1 Å². The Morgan fingerprint density at radius 2 is 2.27 bits per heavy atom. The summed E-state index contributed by atoms with van der Waals surface area (Å²) in [5.41, 5.74) is 0.709. The number of hydrogen-bond donors (Lipinski definition) is 1. The number of carbonyl (C=O) groups excluding carboxylic acids is 1. The Hall–Kier alpha value is -1.71. The highest BCUT2D eigenvalue weighted by Gasteiger charge is 2.13. The van der Waals surface area contributed by atoms with Gasteiger partial charge < -0.3 is 5.32 Å². The molecular weight excluding hydrogens is 386 g/mol. The van der Waals surface area contributed by atoms with Crippen molar-refractivity contribution in [3.05, 3.63) is 45.1 Å². The minimum absolute atomic E-state index is 0.133. The van der Waals surface area contributed by atoms with Crippen LogP contribution in [0.15, 0.2) is 50.2 Å². The van der Waals surface area contributed by atoms with E-state index in [4.69, 9.17) is 0 Å². The maximum absolute atomic E-state index is 12.2.